The Hall–Kier alpha value is -1.18. The lowest BCUT2D eigenvalue weighted by Crippen LogP contribution is -2.33. The van der Waals surface area contributed by atoms with Gasteiger partial charge in [-0.1, -0.05) is 0 Å². The van der Waals surface area contributed by atoms with Crippen molar-refractivity contribution in [2.45, 2.75) is 24.7 Å². The predicted octanol–water partition coefficient (Wildman–Crippen LogP) is 1.22. The second kappa shape index (κ2) is 7.01. The highest BCUT2D eigenvalue weighted by atomic mass is 32.2. The number of aromatic nitrogens is 1. The molecule has 2 heterocycles. The van der Waals surface area contributed by atoms with E-state index in [4.69, 9.17) is 4.74 Å². The third-order valence-corrected chi connectivity index (χ3v) is 4.64. The average molecular weight is 299 g/mol. The van der Waals surface area contributed by atoms with Crippen LogP contribution in [0.2, 0.25) is 0 Å². The van der Waals surface area contributed by atoms with Crippen molar-refractivity contribution in [2.24, 2.45) is 5.92 Å². The van der Waals surface area contributed by atoms with Gasteiger partial charge in [0.15, 0.2) is 0 Å². The van der Waals surface area contributed by atoms with Gasteiger partial charge in [-0.3, -0.25) is 0 Å². The summed E-state index contributed by atoms with van der Waals surface area (Å²) in [6.45, 7) is 4.45. The average Bonchev–Trinajstić information content (AvgIpc) is 2.47. The molecule has 0 spiro atoms. The third kappa shape index (κ3) is 4.16. The smallest absolute Gasteiger partial charge is 0.240 e. The Bertz CT molecular complexity index is 527. The fraction of sp³-hybridized carbons (Fsp3) is 0.615. The molecule has 112 valence electrons. The van der Waals surface area contributed by atoms with Gasteiger partial charge in [0.25, 0.3) is 0 Å². The van der Waals surface area contributed by atoms with Crippen LogP contribution in [0, 0.1) is 5.92 Å². The Morgan fingerprint density at radius 1 is 1.50 bits per heavy atom. The van der Waals surface area contributed by atoms with Crippen LogP contribution in [0.25, 0.3) is 0 Å². The van der Waals surface area contributed by atoms with Crippen molar-refractivity contribution in [3.63, 3.8) is 0 Å². The highest BCUT2D eigenvalue weighted by Gasteiger charge is 2.19. The van der Waals surface area contributed by atoms with E-state index in [1.165, 1.54) is 12.3 Å². The Labute approximate surface area is 120 Å². The lowest BCUT2D eigenvalue weighted by atomic mass is 10.0. The number of sulfonamides is 1. The van der Waals surface area contributed by atoms with E-state index in [-0.39, 0.29) is 10.8 Å². The minimum Gasteiger partial charge on any atom is -0.381 e. The number of nitrogens with zero attached hydrogens (tertiary/aromatic N) is 1. The lowest BCUT2D eigenvalue weighted by Gasteiger charge is -2.22. The van der Waals surface area contributed by atoms with Crippen molar-refractivity contribution in [1.29, 1.82) is 0 Å². The van der Waals surface area contributed by atoms with Crippen LogP contribution in [-0.2, 0) is 14.8 Å². The van der Waals surface area contributed by atoms with Crippen molar-refractivity contribution < 1.29 is 13.2 Å². The number of hydrogen-bond donors (Lipinski definition) is 2. The van der Waals surface area contributed by atoms with Gasteiger partial charge < -0.3 is 10.1 Å². The van der Waals surface area contributed by atoms with Crippen LogP contribution in [0.1, 0.15) is 19.8 Å². The van der Waals surface area contributed by atoms with Crippen LogP contribution >= 0.6 is 0 Å². The molecule has 0 amide bonds. The maximum absolute atomic E-state index is 12.2. The normalized spacial score (nSPS) is 19.8. The Morgan fingerprint density at radius 2 is 2.35 bits per heavy atom. The van der Waals surface area contributed by atoms with Crippen LogP contribution in [0.4, 0.5) is 5.82 Å². The summed E-state index contributed by atoms with van der Waals surface area (Å²) < 4.78 is 32.4. The maximum Gasteiger partial charge on any atom is 0.240 e. The molecule has 1 saturated heterocycles. The van der Waals surface area contributed by atoms with Crippen molar-refractivity contribution in [1.82, 2.24) is 9.71 Å². The number of ether oxygens (including phenoxy) is 1. The highest BCUT2D eigenvalue weighted by molar-refractivity contribution is 7.89. The van der Waals surface area contributed by atoms with Crippen LogP contribution in [0.5, 0.6) is 0 Å². The SMILES string of the molecule is CCNc1cc(S(=O)(=O)NCC2CCCOC2)ccn1. The van der Waals surface area contributed by atoms with Crippen LogP contribution < -0.4 is 10.0 Å². The molecule has 1 fully saturated rings. The quantitative estimate of drug-likeness (QED) is 0.825. The summed E-state index contributed by atoms with van der Waals surface area (Å²) in [6, 6.07) is 3.05. The molecule has 1 unspecified atom stereocenters. The van der Waals surface area contributed by atoms with E-state index in [1.807, 2.05) is 6.92 Å². The van der Waals surface area contributed by atoms with E-state index >= 15 is 0 Å². The number of pyridine rings is 1. The molecule has 0 aliphatic carbocycles. The molecule has 2 rings (SSSR count). The first kappa shape index (κ1) is 15.2. The van der Waals surface area contributed by atoms with Gasteiger partial charge in [-0.05, 0) is 31.7 Å². The Kier molecular flexibility index (Phi) is 5.33. The molecule has 0 radical (unpaired) electrons. The van der Waals surface area contributed by atoms with E-state index in [1.54, 1.807) is 6.07 Å². The van der Waals surface area contributed by atoms with Gasteiger partial charge in [-0.2, -0.15) is 0 Å². The van der Waals surface area contributed by atoms with E-state index in [0.717, 1.165) is 19.4 Å². The van der Waals surface area contributed by atoms with Gasteiger partial charge in [0, 0.05) is 32.0 Å². The van der Waals surface area contributed by atoms with Gasteiger partial charge in [0.05, 0.1) is 11.5 Å². The molecule has 0 bridgehead atoms. The molecule has 7 heteroatoms. The van der Waals surface area contributed by atoms with Crippen molar-refractivity contribution in [3.8, 4) is 0 Å². The zero-order valence-electron chi connectivity index (χ0n) is 11.6. The standard InChI is InChI=1S/C13H21N3O3S/c1-2-14-13-8-12(5-6-15-13)20(17,18)16-9-11-4-3-7-19-10-11/h5-6,8,11,16H,2-4,7,9-10H2,1H3,(H,14,15). The molecule has 2 N–H and O–H groups in total. The monoisotopic (exact) mass is 299 g/mol. The summed E-state index contributed by atoms with van der Waals surface area (Å²) in [5, 5.41) is 3.00. The van der Waals surface area contributed by atoms with E-state index in [9.17, 15) is 8.42 Å². The first-order chi connectivity index (χ1) is 9.62. The zero-order chi connectivity index (χ0) is 14.4. The van der Waals surface area contributed by atoms with Crippen LogP contribution in [0.15, 0.2) is 23.2 Å². The van der Waals surface area contributed by atoms with Crippen molar-refractivity contribution in [2.75, 3.05) is 31.6 Å². The van der Waals surface area contributed by atoms with Gasteiger partial charge in [-0.15, -0.1) is 0 Å². The van der Waals surface area contributed by atoms with Gasteiger partial charge in [-0.25, -0.2) is 18.1 Å². The number of hydrogen-bond acceptors (Lipinski definition) is 5. The second-order valence-electron chi connectivity index (χ2n) is 4.84. The minimum absolute atomic E-state index is 0.236. The van der Waals surface area contributed by atoms with Crippen LogP contribution in [0.3, 0.4) is 0 Å². The van der Waals surface area contributed by atoms with E-state index in [2.05, 4.69) is 15.0 Å². The molecule has 1 aliphatic heterocycles. The number of anilines is 1. The summed E-state index contributed by atoms with van der Waals surface area (Å²) in [4.78, 5) is 4.31. The Balaban J connectivity index is 2.00. The van der Waals surface area contributed by atoms with E-state index in [0.29, 0.717) is 25.5 Å². The molecule has 1 atom stereocenters. The fourth-order valence-electron chi connectivity index (χ4n) is 2.14. The molecular weight excluding hydrogens is 278 g/mol. The third-order valence-electron chi connectivity index (χ3n) is 3.22. The summed E-state index contributed by atoms with van der Waals surface area (Å²) in [5.41, 5.74) is 0. The first-order valence-electron chi connectivity index (χ1n) is 6.89. The Morgan fingerprint density at radius 3 is 3.05 bits per heavy atom. The molecule has 0 aromatic carbocycles. The van der Waals surface area contributed by atoms with Crippen LogP contribution in [-0.4, -0.2) is 39.7 Å². The lowest BCUT2D eigenvalue weighted by molar-refractivity contribution is 0.0568. The number of rotatable bonds is 6. The van der Waals surface area contributed by atoms with Crippen molar-refractivity contribution in [3.05, 3.63) is 18.3 Å². The maximum atomic E-state index is 12.2. The summed E-state index contributed by atoms with van der Waals surface area (Å²) >= 11 is 0. The molecule has 1 aromatic rings. The number of nitrogens with one attached hydrogen (secondary N) is 2. The summed E-state index contributed by atoms with van der Waals surface area (Å²) in [7, 11) is -3.49. The van der Waals surface area contributed by atoms with Gasteiger partial charge in [0.1, 0.15) is 5.82 Å². The highest BCUT2D eigenvalue weighted by Crippen LogP contribution is 2.15. The fourth-order valence-corrected chi connectivity index (χ4v) is 3.26. The molecule has 20 heavy (non-hydrogen) atoms. The summed E-state index contributed by atoms with van der Waals surface area (Å²) in [6.07, 6.45) is 3.49. The largest absolute Gasteiger partial charge is 0.381 e. The molecule has 1 aliphatic rings. The zero-order valence-corrected chi connectivity index (χ0v) is 12.4. The first-order valence-corrected chi connectivity index (χ1v) is 8.37. The predicted molar refractivity (Wildman–Crippen MR) is 77.1 cm³/mol. The van der Waals surface area contributed by atoms with Gasteiger partial charge >= 0.3 is 0 Å². The summed E-state index contributed by atoms with van der Waals surface area (Å²) in [5.74, 6) is 0.824. The molecule has 1 aromatic heterocycles. The molecular formula is C13H21N3O3S. The van der Waals surface area contributed by atoms with E-state index < -0.39 is 10.0 Å². The van der Waals surface area contributed by atoms with Gasteiger partial charge in [0.2, 0.25) is 10.0 Å². The van der Waals surface area contributed by atoms with Crippen molar-refractivity contribution >= 4 is 15.8 Å². The minimum atomic E-state index is -3.49. The molecule has 0 saturated carbocycles. The topological polar surface area (TPSA) is 80.3 Å². The second-order valence-corrected chi connectivity index (χ2v) is 6.61. The molecule has 6 nitrogen and oxygen atoms in total.